The summed E-state index contributed by atoms with van der Waals surface area (Å²) in [5.74, 6) is 0.322. The summed E-state index contributed by atoms with van der Waals surface area (Å²) in [7, 11) is -1.69. The van der Waals surface area contributed by atoms with Gasteiger partial charge < -0.3 is 9.88 Å². The minimum absolute atomic E-state index is 0.00203. The molecule has 1 saturated heterocycles. The zero-order valence-corrected chi connectivity index (χ0v) is 18.4. The van der Waals surface area contributed by atoms with Gasteiger partial charge in [-0.2, -0.15) is 4.31 Å². The second-order valence-electron chi connectivity index (χ2n) is 8.24. The van der Waals surface area contributed by atoms with Crippen LogP contribution in [0.3, 0.4) is 0 Å². The highest BCUT2D eigenvalue weighted by Gasteiger charge is 2.32. The fraction of sp³-hybridized carbons (Fsp3) is 0.500. The zero-order chi connectivity index (χ0) is 21.2. The van der Waals surface area contributed by atoms with Crippen LogP contribution in [0.5, 0.6) is 0 Å². The van der Waals surface area contributed by atoms with Crippen LogP contribution in [0, 0.1) is 5.92 Å². The summed E-state index contributed by atoms with van der Waals surface area (Å²) in [6.07, 6.45) is 4.41. The summed E-state index contributed by atoms with van der Waals surface area (Å²) >= 11 is 0. The van der Waals surface area contributed by atoms with Crippen LogP contribution in [0.25, 0.3) is 0 Å². The summed E-state index contributed by atoms with van der Waals surface area (Å²) < 4.78 is 28.7. The van der Waals surface area contributed by atoms with E-state index in [9.17, 15) is 13.2 Å². The maximum atomic E-state index is 12.7. The molecule has 1 N–H and O–H groups in total. The first-order chi connectivity index (χ1) is 13.7. The maximum absolute atomic E-state index is 12.7. The van der Waals surface area contributed by atoms with Crippen LogP contribution < -0.4 is 5.32 Å². The van der Waals surface area contributed by atoms with Crippen molar-refractivity contribution in [2.75, 3.05) is 13.1 Å². The number of sulfonamides is 1. The van der Waals surface area contributed by atoms with Gasteiger partial charge in [-0.25, -0.2) is 8.42 Å². The van der Waals surface area contributed by atoms with Crippen LogP contribution in [0.2, 0.25) is 0 Å². The van der Waals surface area contributed by atoms with Crippen molar-refractivity contribution >= 4 is 15.9 Å². The molecular weight excluding hydrogens is 386 g/mol. The van der Waals surface area contributed by atoms with E-state index in [-0.39, 0.29) is 17.9 Å². The van der Waals surface area contributed by atoms with Gasteiger partial charge in [0.1, 0.15) is 0 Å². The fourth-order valence-electron chi connectivity index (χ4n) is 3.72. The predicted molar refractivity (Wildman–Crippen MR) is 114 cm³/mol. The van der Waals surface area contributed by atoms with Crippen molar-refractivity contribution < 1.29 is 13.2 Å². The highest BCUT2D eigenvalue weighted by molar-refractivity contribution is 7.89. The van der Waals surface area contributed by atoms with Gasteiger partial charge in [-0.1, -0.05) is 38.1 Å². The molecule has 0 unspecified atom stereocenters. The van der Waals surface area contributed by atoms with Crippen molar-refractivity contribution in [3.05, 3.63) is 53.9 Å². The topological polar surface area (TPSA) is 71.4 Å². The van der Waals surface area contributed by atoms with Crippen LogP contribution in [0.4, 0.5) is 0 Å². The molecule has 1 aliphatic rings. The number of aryl methyl sites for hydroxylation is 1. The van der Waals surface area contributed by atoms with E-state index in [1.807, 2.05) is 6.92 Å². The number of rotatable bonds is 6. The van der Waals surface area contributed by atoms with Gasteiger partial charge in [0.25, 0.3) is 0 Å². The molecule has 2 aromatic rings. The number of hydrogen-bond acceptors (Lipinski definition) is 3. The molecule has 6 nitrogen and oxygen atoms in total. The molecule has 29 heavy (non-hydrogen) atoms. The second-order valence-corrected chi connectivity index (χ2v) is 10.2. The van der Waals surface area contributed by atoms with E-state index in [4.69, 9.17) is 0 Å². The Hall–Kier alpha value is -2.12. The van der Waals surface area contributed by atoms with Crippen molar-refractivity contribution in [1.29, 1.82) is 0 Å². The first-order valence-electron chi connectivity index (χ1n) is 10.2. The number of hydrogen-bond donors (Lipinski definition) is 1. The summed E-state index contributed by atoms with van der Waals surface area (Å²) in [5, 5.41) is 3.09. The van der Waals surface area contributed by atoms with E-state index in [0.717, 1.165) is 5.56 Å². The van der Waals surface area contributed by atoms with Crippen LogP contribution >= 0.6 is 0 Å². The Bertz CT molecular complexity index is 940. The number of carbonyl (C=O) groups is 1. The largest absolute Gasteiger partial charge is 0.356 e. The summed E-state index contributed by atoms with van der Waals surface area (Å²) in [4.78, 5) is 13.0. The van der Waals surface area contributed by atoms with Gasteiger partial charge in [0, 0.05) is 38.4 Å². The van der Waals surface area contributed by atoms with Crippen molar-refractivity contribution in [2.24, 2.45) is 13.0 Å². The van der Waals surface area contributed by atoms with Crippen LogP contribution in [-0.4, -0.2) is 36.3 Å². The Kier molecular flexibility index (Phi) is 6.49. The van der Waals surface area contributed by atoms with Gasteiger partial charge in [0.15, 0.2) is 0 Å². The summed E-state index contributed by atoms with van der Waals surface area (Å²) in [6.45, 7) is 7.03. The van der Waals surface area contributed by atoms with E-state index < -0.39 is 10.0 Å². The number of nitrogens with zero attached hydrogens (tertiary/aromatic N) is 2. The maximum Gasteiger partial charge on any atom is 0.244 e. The molecule has 1 aromatic heterocycles. The van der Waals surface area contributed by atoms with Gasteiger partial charge in [-0.15, -0.1) is 0 Å². The third kappa shape index (κ3) is 4.90. The first-order valence-corrected chi connectivity index (χ1v) is 11.6. The van der Waals surface area contributed by atoms with E-state index >= 15 is 0 Å². The van der Waals surface area contributed by atoms with Crippen LogP contribution in [0.15, 0.2) is 47.6 Å². The van der Waals surface area contributed by atoms with Crippen molar-refractivity contribution in [3.63, 3.8) is 0 Å². The lowest BCUT2D eigenvalue weighted by Crippen LogP contribution is -2.43. The molecule has 1 aliphatic heterocycles. The second kappa shape index (κ2) is 8.71. The minimum atomic E-state index is -3.49. The van der Waals surface area contributed by atoms with Crippen molar-refractivity contribution in [2.45, 2.75) is 50.5 Å². The average Bonchev–Trinajstić information content (AvgIpc) is 3.15. The highest BCUT2D eigenvalue weighted by atomic mass is 32.2. The molecule has 0 spiro atoms. The third-order valence-electron chi connectivity index (χ3n) is 5.73. The Balaban J connectivity index is 1.56. The molecule has 1 aromatic carbocycles. The van der Waals surface area contributed by atoms with Crippen LogP contribution in [-0.2, 0) is 21.9 Å². The Labute approximate surface area is 174 Å². The molecule has 1 amide bonds. The summed E-state index contributed by atoms with van der Waals surface area (Å²) in [6, 6.07) is 9.88. The number of carbonyl (C=O) groups excluding carboxylic acids is 1. The van der Waals surface area contributed by atoms with E-state index in [0.29, 0.717) is 36.7 Å². The van der Waals surface area contributed by atoms with Gasteiger partial charge in [0.2, 0.25) is 15.9 Å². The quantitative estimate of drug-likeness (QED) is 0.783. The number of benzene rings is 1. The molecule has 0 saturated carbocycles. The number of piperidine rings is 1. The van der Waals surface area contributed by atoms with Gasteiger partial charge in [-0.3, -0.25) is 4.79 Å². The Morgan fingerprint density at radius 1 is 1.03 bits per heavy atom. The third-order valence-corrected chi connectivity index (χ3v) is 7.61. The zero-order valence-electron chi connectivity index (χ0n) is 17.6. The van der Waals surface area contributed by atoms with E-state index in [1.54, 1.807) is 30.1 Å². The van der Waals surface area contributed by atoms with Gasteiger partial charge >= 0.3 is 0 Å². The molecule has 3 rings (SSSR count). The van der Waals surface area contributed by atoms with Crippen molar-refractivity contribution in [3.8, 4) is 0 Å². The standard InChI is InChI=1S/C22H31N3O3S/c1-16(2)18-5-7-19(8-6-18)17(3)23-22(26)20-9-13-25(14-10-20)29(27,28)21-11-12-24(4)15-21/h5-8,11-12,15-17,20H,9-10,13-14H2,1-4H3,(H,23,26)/t17-/m1/s1. The normalized spacial score (nSPS) is 17.4. The molecular formula is C22H31N3O3S. The molecule has 0 radical (unpaired) electrons. The monoisotopic (exact) mass is 417 g/mol. The molecule has 0 aliphatic carbocycles. The Morgan fingerprint density at radius 3 is 2.14 bits per heavy atom. The summed E-state index contributed by atoms with van der Waals surface area (Å²) in [5.41, 5.74) is 2.35. The predicted octanol–water partition coefficient (Wildman–Crippen LogP) is 3.43. The minimum Gasteiger partial charge on any atom is -0.356 e. The molecule has 1 atom stereocenters. The SMILES string of the molecule is CC(C)c1ccc([C@@H](C)NC(=O)C2CCN(S(=O)(=O)c3ccn(C)c3)CC2)cc1. The number of nitrogens with one attached hydrogen (secondary N) is 1. The molecule has 2 heterocycles. The van der Waals surface area contributed by atoms with Gasteiger partial charge in [0.05, 0.1) is 10.9 Å². The smallest absolute Gasteiger partial charge is 0.244 e. The highest BCUT2D eigenvalue weighted by Crippen LogP contribution is 2.25. The van der Waals surface area contributed by atoms with E-state index in [2.05, 4.69) is 43.4 Å². The molecule has 7 heteroatoms. The van der Waals surface area contributed by atoms with Gasteiger partial charge in [-0.05, 0) is 42.9 Å². The van der Waals surface area contributed by atoms with Crippen molar-refractivity contribution in [1.82, 2.24) is 14.2 Å². The van der Waals surface area contributed by atoms with Crippen LogP contribution in [0.1, 0.15) is 56.7 Å². The Morgan fingerprint density at radius 2 is 1.62 bits per heavy atom. The molecule has 0 bridgehead atoms. The lowest BCUT2D eigenvalue weighted by molar-refractivity contribution is -0.126. The average molecular weight is 418 g/mol. The lowest BCUT2D eigenvalue weighted by atomic mass is 9.96. The number of amides is 1. The number of aromatic nitrogens is 1. The first kappa shape index (κ1) is 21.6. The lowest BCUT2D eigenvalue weighted by Gasteiger charge is -2.31. The van der Waals surface area contributed by atoms with E-state index in [1.165, 1.54) is 9.87 Å². The molecule has 1 fully saturated rings. The fourth-order valence-corrected chi connectivity index (χ4v) is 5.24. The molecule has 158 valence electrons.